The van der Waals surface area contributed by atoms with Crippen molar-refractivity contribution in [3.8, 4) is 11.1 Å². The Morgan fingerprint density at radius 3 is 2.47 bits per heavy atom. The number of nitrogens with zero attached hydrogens (tertiary/aromatic N) is 1. The van der Waals surface area contributed by atoms with Gasteiger partial charge in [-0.2, -0.15) is 13.2 Å². The maximum Gasteiger partial charge on any atom is 0.416 e. The van der Waals surface area contributed by atoms with Crippen LogP contribution in [0.25, 0.3) is 11.1 Å². The summed E-state index contributed by atoms with van der Waals surface area (Å²) >= 11 is 0. The molecule has 0 saturated heterocycles. The van der Waals surface area contributed by atoms with Crippen molar-refractivity contribution in [3.05, 3.63) is 77.0 Å². The lowest BCUT2D eigenvalue weighted by atomic mass is 9.97. The molecule has 0 aliphatic rings. The monoisotopic (exact) mass is 500 g/mol. The van der Waals surface area contributed by atoms with Gasteiger partial charge in [0.1, 0.15) is 5.82 Å². The topological polar surface area (TPSA) is 117 Å². The number of halogens is 3. The zero-order valence-corrected chi connectivity index (χ0v) is 20.0. The van der Waals surface area contributed by atoms with E-state index in [0.29, 0.717) is 17.7 Å². The van der Waals surface area contributed by atoms with E-state index in [4.69, 9.17) is 5.73 Å². The van der Waals surface area contributed by atoms with Crippen LogP contribution >= 0.6 is 0 Å². The molecule has 0 aliphatic carbocycles. The highest BCUT2D eigenvalue weighted by atomic mass is 19.4. The van der Waals surface area contributed by atoms with Crippen molar-refractivity contribution in [1.29, 1.82) is 0 Å². The van der Waals surface area contributed by atoms with Gasteiger partial charge in [-0.1, -0.05) is 25.1 Å². The van der Waals surface area contributed by atoms with Crippen LogP contribution in [0, 0.1) is 0 Å². The van der Waals surface area contributed by atoms with Gasteiger partial charge in [0.25, 0.3) is 11.8 Å². The van der Waals surface area contributed by atoms with Crippen molar-refractivity contribution in [2.45, 2.75) is 45.5 Å². The van der Waals surface area contributed by atoms with E-state index in [0.717, 1.165) is 29.3 Å². The number of carbonyl (C=O) groups is 2. The molecule has 5 N–H and O–H groups in total. The molecule has 0 saturated carbocycles. The smallest absolute Gasteiger partial charge is 0.383 e. The van der Waals surface area contributed by atoms with Crippen molar-refractivity contribution in [2.75, 3.05) is 11.1 Å². The number of aromatic nitrogens is 1. The van der Waals surface area contributed by atoms with Gasteiger partial charge in [0, 0.05) is 23.5 Å². The van der Waals surface area contributed by atoms with E-state index in [2.05, 4.69) is 15.6 Å². The third-order valence-electron chi connectivity index (χ3n) is 5.43. The minimum Gasteiger partial charge on any atom is -0.383 e. The summed E-state index contributed by atoms with van der Waals surface area (Å²) in [7, 11) is 0. The maximum atomic E-state index is 13.0. The summed E-state index contributed by atoms with van der Waals surface area (Å²) in [4.78, 5) is 29.2. The molecular formula is C26H27F3N4O3. The molecule has 1 atom stereocenters. The molecule has 0 spiro atoms. The summed E-state index contributed by atoms with van der Waals surface area (Å²) in [6, 6.07) is 10.6. The van der Waals surface area contributed by atoms with Gasteiger partial charge in [0.2, 0.25) is 0 Å². The molecule has 3 rings (SSSR count). The largest absolute Gasteiger partial charge is 0.416 e. The van der Waals surface area contributed by atoms with E-state index in [1.54, 1.807) is 30.5 Å². The van der Waals surface area contributed by atoms with Gasteiger partial charge in [-0.25, -0.2) is 4.98 Å². The molecule has 10 heteroatoms. The highest BCUT2D eigenvalue weighted by Gasteiger charge is 2.31. The number of aliphatic hydroxyl groups excluding tert-OH is 1. The van der Waals surface area contributed by atoms with Crippen LogP contribution in [-0.4, -0.2) is 27.9 Å². The average molecular weight is 501 g/mol. The van der Waals surface area contributed by atoms with E-state index in [1.165, 1.54) is 6.07 Å². The number of rotatable bonds is 7. The summed E-state index contributed by atoms with van der Waals surface area (Å²) in [5.74, 6) is -1.12. The third-order valence-corrected chi connectivity index (χ3v) is 5.43. The number of nitrogens with two attached hydrogens (primary N) is 1. The zero-order valence-electron chi connectivity index (χ0n) is 20.0. The Hall–Kier alpha value is -3.92. The number of anilines is 2. The van der Waals surface area contributed by atoms with E-state index < -0.39 is 23.8 Å². The summed E-state index contributed by atoms with van der Waals surface area (Å²) in [5.41, 5.74) is 7.59. The predicted molar refractivity (Wildman–Crippen MR) is 131 cm³/mol. The fraction of sp³-hybridized carbons (Fsp3) is 0.269. The molecule has 0 bridgehead atoms. The average Bonchev–Trinajstić information content (AvgIpc) is 2.83. The number of carbonyl (C=O) groups excluding carboxylic acids is 2. The lowest BCUT2D eigenvalue weighted by Crippen LogP contribution is -2.30. The van der Waals surface area contributed by atoms with Gasteiger partial charge in [0.15, 0.2) is 6.10 Å². The number of nitrogen functional groups attached to an aromatic ring is 1. The molecule has 0 radical (unpaired) electrons. The second-order valence-corrected chi connectivity index (χ2v) is 8.53. The Bertz CT molecular complexity index is 1280. The number of amides is 2. The number of benzene rings is 2. The van der Waals surface area contributed by atoms with Crippen LogP contribution in [0.4, 0.5) is 24.7 Å². The first kappa shape index (κ1) is 26.7. The van der Waals surface area contributed by atoms with Crippen molar-refractivity contribution in [1.82, 2.24) is 10.3 Å². The minimum atomic E-state index is -4.59. The molecule has 1 heterocycles. The molecular weight excluding hydrogens is 473 g/mol. The molecule has 1 aromatic heterocycles. The van der Waals surface area contributed by atoms with Crippen molar-refractivity contribution < 1.29 is 27.9 Å². The summed E-state index contributed by atoms with van der Waals surface area (Å²) < 4.78 is 38.9. The number of aliphatic hydroxyl groups is 1. The normalized spacial score (nSPS) is 12.3. The number of hydrogen-bond acceptors (Lipinski definition) is 5. The summed E-state index contributed by atoms with van der Waals surface area (Å²) in [5, 5.41) is 15.7. The van der Waals surface area contributed by atoms with Crippen molar-refractivity contribution in [3.63, 3.8) is 0 Å². The molecule has 0 aliphatic heterocycles. The second kappa shape index (κ2) is 10.8. The summed E-state index contributed by atoms with van der Waals surface area (Å²) in [6.45, 7) is 5.56. The maximum absolute atomic E-state index is 13.0. The van der Waals surface area contributed by atoms with Crippen molar-refractivity contribution in [2.24, 2.45) is 0 Å². The fourth-order valence-electron chi connectivity index (χ4n) is 3.64. The number of alkyl halides is 3. The minimum absolute atomic E-state index is 0.0825. The van der Waals surface area contributed by atoms with Gasteiger partial charge in [0.05, 0.1) is 11.1 Å². The lowest BCUT2D eigenvalue weighted by molar-refractivity contribution is -0.138. The first-order chi connectivity index (χ1) is 16.9. The first-order valence-corrected chi connectivity index (χ1v) is 11.3. The van der Waals surface area contributed by atoms with Crippen LogP contribution in [0.2, 0.25) is 0 Å². The Labute approximate surface area is 206 Å². The van der Waals surface area contributed by atoms with Gasteiger partial charge in [-0.3, -0.25) is 9.59 Å². The molecule has 1 unspecified atom stereocenters. The van der Waals surface area contributed by atoms with Crippen molar-refractivity contribution >= 4 is 23.3 Å². The lowest BCUT2D eigenvalue weighted by Gasteiger charge is -2.16. The van der Waals surface area contributed by atoms with Crippen LogP contribution in [-0.2, 0) is 17.4 Å². The molecule has 2 aromatic carbocycles. The Morgan fingerprint density at radius 1 is 1.11 bits per heavy atom. The van der Waals surface area contributed by atoms with Crippen LogP contribution in [0.3, 0.4) is 0 Å². The third kappa shape index (κ3) is 6.19. The van der Waals surface area contributed by atoms with Crippen LogP contribution in [0.1, 0.15) is 53.9 Å². The Balaban J connectivity index is 1.85. The van der Waals surface area contributed by atoms with Gasteiger partial charge < -0.3 is 21.5 Å². The van der Waals surface area contributed by atoms with Gasteiger partial charge in [-0.15, -0.1) is 0 Å². The van der Waals surface area contributed by atoms with E-state index >= 15 is 0 Å². The molecule has 2 amide bonds. The molecule has 0 fully saturated rings. The fourth-order valence-corrected chi connectivity index (χ4v) is 3.64. The van der Waals surface area contributed by atoms with Crippen LogP contribution < -0.4 is 16.4 Å². The number of hydrogen-bond donors (Lipinski definition) is 4. The standard InChI is InChI=1S/C26H27F3N4O3/c1-4-15-11-19(33-25(36)22(34)16-6-5-7-18(10-16)26(27,28)29)8-9-20(15)17-12-21(23(30)31-13-17)24(35)32-14(2)3/h5-14,22,34H,4H2,1-3H3,(H2,30,31)(H,32,35)(H,33,36). The Morgan fingerprint density at radius 2 is 1.83 bits per heavy atom. The van der Waals surface area contributed by atoms with E-state index in [-0.39, 0.29) is 28.9 Å². The van der Waals surface area contributed by atoms with E-state index in [9.17, 15) is 27.9 Å². The quantitative estimate of drug-likeness (QED) is 0.374. The highest BCUT2D eigenvalue weighted by Crippen LogP contribution is 2.32. The summed E-state index contributed by atoms with van der Waals surface area (Å²) in [6.07, 6.45) is -4.27. The zero-order chi connectivity index (χ0) is 26.6. The van der Waals surface area contributed by atoms with Gasteiger partial charge in [-0.05, 0) is 67.3 Å². The number of pyridine rings is 1. The molecule has 36 heavy (non-hydrogen) atoms. The van der Waals surface area contributed by atoms with Gasteiger partial charge >= 0.3 is 6.18 Å². The highest BCUT2D eigenvalue weighted by molar-refractivity contribution is 6.00. The SMILES string of the molecule is CCc1cc(NC(=O)C(O)c2cccc(C(F)(F)F)c2)ccc1-c1cnc(N)c(C(=O)NC(C)C)c1. The molecule has 3 aromatic rings. The molecule has 7 nitrogen and oxygen atoms in total. The van der Waals surface area contributed by atoms with Crippen LogP contribution in [0.15, 0.2) is 54.7 Å². The first-order valence-electron chi connectivity index (χ1n) is 11.3. The number of nitrogens with one attached hydrogen (secondary N) is 2. The Kier molecular flexibility index (Phi) is 7.99. The number of aryl methyl sites for hydroxylation is 1. The van der Waals surface area contributed by atoms with E-state index in [1.807, 2.05) is 20.8 Å². The van der Waals surface area contributed by atoms with Crippen LogP contribution in [0.5, 0.6) is 0 Å². The predicted octanol–water partition coefficient (Wildman–Crippen LogP) is 4.72. The molecule has 190 valence electrons. The second-order valence-electron chi connectivity index (χ2n) is 8.53.